The van der Waals surface area contributed by atoms with Crippen molar-refractivity contribution < 1.29 is 0 Å². The number of amidine groups is 1. The summed E-state index contributed by atoms with van der Waals surface area (Å²) in [6.45, 7) is 0. The zero-order valence-corrected chi connectivity index (χ0v) is 13.5. The Bertz CT molecular complexity index is 648. The van der Waals surface area contributed by atoms with Crippen LogP contribution in [0.5, 0.6) is 0 Å². The SMILES string of the molecule is CSC(=N/N=C(\N)c1cc(-c2ccccc2)ccn1)SC. The van der Waals surface area contributed by atoms with Gasteiger partial charge >= 0.3 is 0 Å². The molecule has 2 aromatic rings. The van der Waals surface area contributed by atoms with E-state index in [4.69, 9.17) is 5.73 Å². The van der Waals surface area contributed by atoms with Gasteiger partial charge in [-0.05, 0) is 35.8 Å². The molecule has 4 nitrogen and oxygen atoms in total. The number of thioether (sulfide) groups is 2. The second kappa shape index (κ2) is 7.85. The smallest absolute Gasteiger partial charge is 0.172 e. The van der Waals surface area contributed by atoms with E-state index in [-0.39, 0.29) is 0 Å². The molecule has 0 radical (unpaired) electrons. The molecule has 2 rings (SSSR count). The Morgan fingerprint density at radius 3 is 2.38 bits per heavy atom. The maximum Gasteiger partial charge on any atom is 0.172 e. The van der Waals surface area contributed by atoms with Gasteiger partial charge in [0.25, 0.3) is 0 Å². The van der Waals surface area contributed by atoms with Crippen LogP contribution in [0.1, 0.15) is 5.69 Å². The summed E-state index contributed by atoms with van der Waals surface area (Å²) < 4.78 is 0.858. The van der Waals surface area contributed by atoms with Crippen molar-refractivity contribution in [2.45, 2.75) is 0 Å². The topological polar surface area (TPSA) is 63.6 Å². The second-order valence-electron chi connectivity index (χ2n) is 4.06. The first-order chi connectivity index (χ1) is 10.2. The predicted octanol–water partition coefficient (Wildman–Crippen LogP) is 3.45. The van der Waals surface area contributed by atoms with Crippen LogP contribution in [0.3, 0.4) is 0 Å². The van der Waals surface area contributed by atoms with Gasteiger partial charge in [0.05, 0.1) is 0 Å². The van der Waals surface area contributed by atoms with Crippen LogP contribution in [-0.2, 0) is 0 Å². The monoisotopic (exact) mass is 316 g/mol. The van der Waals surface area contributed by atoms with Gasteiger partial charge in [-0.15, -0.1) is 33.7 Å². The molecule has 1 aromatic heterocycles. The van der Waals surface area contributed by atoms with Crippen molar-refractivity contribution in [2.75, 3.05) is 12.5 Å². The van der Waals surface area contributed by atoms with Gasteiger partial charge in [0.1, 0.15) is 5.69 Å². The van der Waals surface area contributed by atoms with Crippen LogP contribution in [0, 0.1) is 0 Å². The summed E-state index contributed by atoms with van der Waals surface area (Å²) in [5, 5.41) is 8.15. The highest BCUT2D eigenvalue weighted by Crippen LogP contribution is 2.18. The lowest BCUT2D eigenvalue weighted by molar-refractivity contribution is 1.20. The molecule has 21 heavy (non-hydrogen) atoms. The van der Waals surface area contributed by atoms with Gasteiger partial charge in [-0.3, -0.25) is 4.98 Å². The van der Waals surface area contributed by atoms with Gasteiger partial charge in [0.2, 0.25) is 0 Å². The molecule has 1 heterocycles. The first-order valence-electron chi connectivity index (χ1n) is 6.25. The summed E-state index contributed by atoms with van der Waals surface area (Å²) in [6.07, 6.45) is 5.64. The van der Waals surface area contributed by atoms with Crippen LogP contribution >= 0.6 is 23.5 Å². The van der Waals surface area contributed by atoms with Crippen LogP contribution in [0.15, 0.2) is 58.9 Å². The van der Waals surface area contributed by atoms with E-state index >= 15 is 0 Å². The van der Waals surface area contributed by atoms with Gasteiger partial charge in [0, 0.05) is 6.20 Å². The Morgan fingerprint density at radius 1 is 1.00 bits per heavy atom. The first kappa shape index (κ1) is 15.6. The van der Waals surface area contributed by atoms with Gasteiger partial charge in [-0.2, -0.15) is 0 Å². The van der Waals surface area contributed by atoms with Gasteiger partial charge < -0.3 is 5.73 Å². The Kier molecular flexibility index (Phi) is 5.83. The van der Waals surface area contributed by atoms with E-state index in [0.717, 1.165) is 15.5 Å². The number of hydrogen-bond acceptors (Lipinski definition) is 5. The van der Waals surface area contributed by atoms with E-state index in [2.05, 4.69) is 15.2 Å². The van der Waals surface area contributed by atoms with Crippen LogP contribution in [0.4, 0.5) is 0 Å². The average molecular weight is 316 g/mol. The summed E-state index contributed by atoms with van der Waals surface area (Å²) >= 11 is 3.07. The zero-order valence-electron chi connectivity index (χ0n) is 11.9. The molecule has 6 heteroatoms. The highest BCUT2D eigenvalue weighted by molar-refractivity contribution is 8.38. The van der Waals surface area contributed by atoms with E-state index in [1.54, 1.807) is 6.20 Å². The molecule has 0 saturated heterocycles. The number of pyridine rings is 1. The van der Waals surface area contributed by atoms with E-state index in [1.165, 1.54) is 23.5 Å². The molecule has 0 saturated carbocycles. The molecule has 0 aliphatic carbocycles. The predicted molar refractivity (Wildman–Crippen MR) is 94.9 cm³/mol. The minimum absolute atomic E-state index is 0.313. The van der Waals surface area contributed by atoms with Crippen LogP contribution < -0.4 is 5.73 Å². The third kappa shape index (κ3) is 4.34. The number of aromatic nitrogens is 1. The largest absolute Gasteiger partial charge is 0.380 e. The molecule has 0 spiro atoms. The lowest BCUT2D eigenvalue weighted by atomic mass is 10.1. The Balaban J connectivity index is 2.29. The van der Waals surface area contributed by atoms with Crippen molar-refractivity contribution in [3.05, 3.63) is 54.4 Å². The highest BCUT2D eigenvalue weighted by Gasteiger charge is 2.04. The standard InChI is InChI=1S/C15H16N4S2/c1-20-15(21-2)19-18-14(16)13-10-12(8-9-17-13)11-6-4-3-5-7-11/h3-10H,1-2H3,(H2,16,18). The summed E-state index contributed by atoms with van der Waals surface area (Å²) in [6, 6.07) is 13.9. The Labute approximate surface area is 133 Å². The molecule has 0 fully saturated rings. The summed E-state index contributed by atoms with van der Waals surface area (Å²) in [5.74, 6) is 0.313. The third-order valence-corrected chi connectivity index (χ3v) is 4.58. The first-order valence-corrected chi connectivity index (χ1v) is 8.70. The van der Waals surface area contributed by atoms with E-state index < -0.39 is 0 Å². The Morgan fingerprint density at radius 2 is 1.71 bits per heavy atom. The molecule has 0 unspecified atom stereocenters. The maximum absolute atomic E-state index is 5.96. The second-order valence-corrected chi connectivity index (χ2v) is 5.90. The van der Waals surface area contributed by atoms with Gasteiger partial charge in [-0.25, -0.2) is 0 Å². The highest BCUT2D eigenvalue weighted by atomic mass is 32.2. The maximum atomic E-state index is 5.96. The van der Waals surface area contributed by atoms with Crippen LogP contribution in [0.2, 0.25) is 0 Å². The Hall–Kier alpha value is -1.79. The lowest BCUT2D eigenvalue weighted by Gasteiger charge is -2.04. The quantitative estimate of drug-likeness (QED) is 0.535. The number of rotatable bonds is 3. The van der Waals surface area contributed by atoms with Crippen molar-refractivity contribution in [1.29, 1.82) is 0 Å². The van der Waals surface area contributed by atoms with Crippen molar-refractivity contribution in [1.82, 2.24) is 4.98 Å². The summed E-state index contributed by atoms with van der Waals surface area (Å²) in [5.41, 5.74) is 8.76. The molecule has 108 valence electrons. The minimum Gasteiger partial charge on any atom is -0.380 e. The fourth-order valence-corrected chi connectivity index (χ4v) is 2.60. The minimum atomic E-state index is 0.313. The van der Waals surface area contributed by atoms with E-state index in [9.17, 15) is 0 Å². The third-order valence-electron chi connectivity index (χ3n) is 2.72. The summed E-state index contributed by atoms with van der Waals surface area (Å²) in [4.78, 5) is 4.26. The lowest BCUT2D eigenvalue weighted by Crippen LogP contribution is -2.14. The molecule has 0 aliphatic heterocycles. The number of benzene rings is 1. The van der Waals surface area contributed by atoms with Crippen molar-refractivity contribution in [3.8, 4) is 11.1 Å². The zero-order chi connectivity index (χ0) is 15.1. The van der Waals surface area contributed by atoms with Gasteiger partial charge in [0.15, 0.2) is 10.2 Å². The molecule has 1 aromatic carbocycles. The molecule has 0 atom stereocenters. The molecule has 0 bridgehead atoms. The van der Waals surface area contributed by atoms with Gasteiger partial charge in [-0.1, -0.05) is 30.3 Å². The average Bonchev–Trinajstić information content (AvgIpc) is 2.56. The molecular formula is C15H16N4S2. The number of hydrogen-bond donors (Lipinski definition) is 1. The van der Waals surface area contributed by atoms with Crippen molar-refractivity contribution >= 4 is 33.7 Å². The number of nitrogens with zero attached hydrogens (tertiary/aromatic N) is 3. The number of nitrogens with two attached hydrogens (primary N) is 1. The van der Waals surface area contributed by atoms with E-state index in [0.29, 0.717) is 11.5 Å². The normalized spacial score (nSPS) is 11.2. The van der Waals surface area contributed by atoms with Crippen LogP contribution in [-0.4, -0.2) is 27.7 Å². The van der Waals surface area contributed by atoms with Crippen LogP contribution in [0.25, 0.3) is 11.1 Å². The molecular weight excluding hydrogens is 300 g/mol. The summed E-state index contributed by atoms with van der Waals surface area (Å²) in [7, 11) is 0. The fourth-order valence-electron chi connectivity index (χ4n) is 1.69. The van der Waals surface area contributed by atoms with E-state index in [1.807, 2.05) is 55.0 Å². The van der Waals surface area contributed by atoms with Crippen molar-refractivity contribution in [2.24, 2.45) is 15.9 Å². The fraction of sp³-hybridized carbons (Fsp3) is 0.133. The molecule has 0 aliphatic rings. The van der Waals surface area contributed by atoms with Crippen molar-refractivity contribution in [3.63, 3.8) is 0 Å². The molecule has 0 amide bonds. The molecule has 2 N–H and O–H groups in total.